The summed E-state index contributed by atoms with van der Waals surface area (Å²) in [6.45, 7) is 6.46. The zero-order valence-electron chi connectivity index (χ0n) is 42.9. The van der Waals surface area contributed by atoms with Gasteiger partial charge in [-0.1, -0.05) is 237 Å². The molecule has 0 saturated carbocycles. The van der Waals surface area contributed by atoms with E-state index < -0.39 is 18.2 Å². The summed E-state index contributed by atoms with van der Waals surface area (Å²) in [6.07, 6.45) is 62.0. The third-order valence-corrected chi connectivity index (χ3v) is 12.9. The van der Waals surface area contributed by atoms with Gasteiger partial charge in [0.2, 0.25) is 5.91 Å². The Morgan fingerprint density at radius 1 is 0.453 bits per heavy atom. The van der Waals surface area contributed by atoms with E-state index in [0.29, 0.717) is 19.3 Å². The first-order valence-corrected chi connectivity index (χ1v) is 28.2. The average Bonchev–Trinajstić information content (AvgIpc) is 3.29. The highest BCUT2D eigenvalue weighted by Gasteiger charge is 2.24. The quantitative estimate of drug-likeness (QED) is 0.0321. The number of rotatable bonds is 51. The lowest BCUT2D eigenvalue weighted by Gasteiger charge is -2.24. The van der Waals surface area contributed by atoms with Crippen molar-refractivity contribution in [1.82, 2.24) is 5.32 Å². The number of esters is 1. The van der Waals surface area contributed by atoms with Crippen LogP contribution in [0.4, 0.5) is 0 Å². The lowest BCUT2D eigenvalue weighted by Crippen LogP contribution is -2.46. The molecule has 0 fully saturated rings. The maximum Gasteiger partial charge on any atom is 0.306 e. The average molecular weight is 901 g/mol. The molecule has 0 aromatic rings. The molecular weight excluding hydrogens is 791 g/mol. The van der Waals surface area contributed by atoms with E-state index in [1.165, 1.54) is 180 Å². The zero-order valence-corrected chi connectivity index (χ0v) is 42.9. The van der Waals surface area contributed by atoms with Crippen LogP contribution >= 0.6 is 0 Å². The fraction of sp³-hybridized carbons (Fsp3) is 0.862. The molecule has 3 N–H and O–H groups in total. The summed E-state index contributed by atoms with van der Waals surface area (Å²) in [5.74, 6) is -0.480. The first kappa shape index (κ1) is 62.1. The number of nitrogens with one attached hydrogen (secondary N) is 1. The van der Waals surface area contributed by atoms with Crippen LogP contribution in [0, 0.1) is 0 Å². The van der Waals surface area contributed by atoms with Crippen LogP contribution < -0.4 is 5.32 Å². The second-order valence-electron chi connectivity index (χ2n) is 19.3. The summed E-state index contributed by atoms with van der Waals surface area (Å²) in [4.78, 5) is 26.2. The van der Waals surface area contributed by atoms with Crippen molar-refractivity contribution in [2.45, 2.75) is 315 Å². The van der Waals surface area contributed by atoms with Crippen LogP contribution in [0.1, 0.15) is 297 Å². The lowest BCUT2D eigenvalue weighted by atomic mass is 10.0. The Bertz CT molecular complexity index is 1060. The van der Waals surface area contributed by atoms with Gasteiger partial charge in [0.25, 0.3) is 0 Å². The standard InChI is InChI=1S/C58H109NO5/c1-4-7-10-13-16-19-22-25-27-29-30-32-34-37-40-43-46-49-54(64-58(63)51-48-45-42-39-36-24-21-18-15-12-9-6-3)52-57(62)59-55(53-60)56(61)50-47-44-41-38-35-33-31-28-26-23-20-17-14-11-8-5-2/h16,18-19,21,25,27,54-56,60-61H,4-15,17,20,22-24,26,28-53H2,1-3H3,(H,59,62)/b19-16-,21-18-,27-25-. The van der Waals surface area contributed by atoms with E-state index in [1.807, 2.05) is 0 Å². The summed E-state index contributed by atoms with van der Waals surface area (Å²) < 4.78 is 5.94. The van der Waals surface area contributed by atoms with Gasteiger partial charge in [-0.2, -0.15) is 0 Å². The number of hydrogen-bond acceptors (Lipinski definition) is 5. The van der Waals surface area contributed by atoms with Crippen molar-refractivity contribution in [2.75, 3.05) is 6.61 Å². The van der Waals surface area contributed by atoms with Crippen LogP contribution in [0.3, 0.4) is 0 Å². The van der Waals surface area contributed by atoms with Crippen molar-refractivity contribution in [3.63, 3.8) is 0 Å². The molecule has 0 rings (SSSR count). The molecule has 3 unspecified atom stereocenters. The highest BCUT2D eigenvalue weighted by Crippen LogP contribution is 2.18. The van der Waals surface area contributed by atoms with Crippen LogP contribution in [-0.4, -0.2) is 46.9 Å². The Morgan fingerprint density at radius 2 is 0.797 bits per heavy atom. The van der Waals surface area contributed by atoms with E-state index >= 15 is 0 Å². The molecule has 6 heteroatoms. The first-order chi connectivity index (χ1) is 31.5. The molecule has 1 amide bonds. The molecule has 0 radical (unpaired) electrons. The van der Waals surface area contributed by atoms with Crippen LogP contribution in [-0.2, 0) is 14.3 Å². The van der Waals surface area contributed by atoms with Crippen molar-refractivity contribution in [3.05, 3.63) is 36.5 Å². The van der Waals surface area contributed by atoms with Gasteiger partial charge in [-0.3, -0.25) is 9.59 Å². The van der Waals surface area contributed by atoms with Gasteiger partial charge in [0.05, 0.1) is 25.2 Å². The highest BCUT2D eigenvalue weighted by atomic mass is 16.5. The highest BCUT2D eigenvalue weighted by molar-refractivity contribution is 5.77. The largest absolute Gasteiger partial charge is 0.462 e. The summed E-state index contributed by atoms with van der Waals surface area (Å²) in [7, 11) is 0. The molecule has 0 spiro atoms. The van der Waals surface area contributed by atoms with Gasteiger partial charge in [-0.05, 0) is 83.5 Å². The monoisotopic (exact) mass is 900 g/mol. The molecule has 0 saturated heterocycles. The Kier molecular flexibility index (Phi) is 50.5. The molecule has 6 nitrogen and oxygen atoms in total. The number of aliphatic hydroxyl groups excluding tert-OH is 2. The molecule has 3 atom stereocenters. The maximum atomic E-state index is 13.2. The molecule has 0 aromatic carbocycles. The van der Waals surface area contributed by atoms with Crippen molar-refractivity contribution in [3.8, 4) is 0 Å². The number of unbranched alkanes of at least 4 members (excludes halogenated alkanes) is 33. The third-order valence-electron chi connectivity index (χ3n) is 12.9. The second kappa shape index (κ2) is 52.1. The Hall–Kier alpha value is -1.92. The number of amides is 1. The van der Waals surface area contributed by atoms with Crippen molar-refractivity contribution in [1.29, 1.82) is 0 Å². The predicted octanol–water partition coefficient (Wildman–Crippen LogP) is 17.2. The van der Waals surface area contributed by atoms with Crippen LogP contribution in [0.2, 0.25) is 0 Å². The smallest absolute Gasteiger partial charge is 0.306 e. The summed E-state index contributed by atoms with van der Waals surface area (Å²) in [6, 6.07) is -0.704. The second-order valence-corrected chi connectivity index (χ2v) is 19.3. The molecule has 0 aliphatic heterocycles. The number of carbonyl (C=O) groups is 2. The van der Waals surface area contributed by atoms with Crippen molar-refractivity contribution in [2.24, 2.45) is 0 Å². The normalized spacial score (nSPS) is 13.4. The van der Waals surface area contributed by atoms with Gasteiger partial charge in [0.1, 0.15) is 6.10 Å². The molecule has 376 valence electrons. The summed E-state index contributed by atoms with van der Waals surface area (Å²) >= 11 is 0. The maximum absolute atomic E-state index is 13.2. The van der Waals surface area contributed by atoms with Gasteiger partial charge < -0.3 is 20.3 Å². The van der Waals surface area contributed by atoms with Crippen molar-refractivity contribution >= 4 is 11.9 Å². The minimum absolute atomic E-state index is 0.0716. The van der Waals surface area contributed by atoms with E-state index in [9.17, 15) is 19.8 Å². The van der Waals surface area contributed by atoms with E-state index in [1.54, 1.807) is 0 Å². The van der Waals surface area contributed by atoms with Gasteiger partial charge in [0.15, 0.2) is 0 Å². The zero-order chi connectivity index (χ0) is 46.7. The lowest BCUT2D eigenvalue weighted by molar-refractivity contribution is -0.151. The molecular formula is C58H109NO5. The first-order valence-electron chi connectivity index (χ1n) is 28.2. The SMILES string of the molecule is CCCCC/C=C\C/C=C\CCCCCCCCCC(CC(=O)NC(CO)C(O)CCCCCCCCCCCCCCCCCC)OC(=O)CCCCCCC/C=C\CCCCC. The van der Waals surface area contributed by atoms with Gasteiger partial charge in [-0.25, -0.2) is 0 Å². The molecule has 0 bridgehead atoms. The predicted molar refractivity (Wildman–Crippen MR) is 278 cm³/mol. The number of allylic oxidation sites excluding steroid dienone is 6. The summed E-state index contributed by atoms with van der Waals surface area (Å²) in [5.41, 5.74) is 0. The van der Waals surface area contributed by atoms with Crippen LogP contribution in [0.25, 0.3) is 0 Å². The fourth-order valence-electron chi connectivity index (χ4n) is 8.63. The molecule has 0 heterocycles. The van der Waals surface area contributed by atoms with Gasteiger partial charge in [-0.15, -0.1) is 0 Å². The number of ether oxygens (including phenoxy) is 1. The fourth-order valence-corrected chi connectivity index (χ4v) is 8.63. The van der Waals surface area contributed by atoms with Gasteiger partial charge in [0, 0.05) is 6.42 Å². The van der Waals surface area contributed by atoms with E-state index in [2.05, 4.69) is 62.5 Å². The van der Waals surface area contributed by atoms with Crippen molar-refractivity contribution < 1.29 is 24.5 Å². The number of aliphatic hydroxyl groups is 2. The Balaban J connectivity index is 4.54. The number of hydrogen-bond donors (Lipinski definition) is 3. The minimum atomic E-state index is -0.790. The molecule has 0 aromatic heterocycles. The topological polar surface area (TPSA) is 95.9 Å². The van der Waals surface area contributed by atoms with E-state index in [-0.39, 0.29) is 24.9 Å². The van der Waals surface area contributed by atoms with Crippen LogP contribution in [0.15, 0.2) is 36.5 Å². The van der Waals surface area contributed by atoms with E-state index in [0.717, 1.165) is 70.6 Å². The van der Waals surface area contributed by atoms with Crippen LogP contribution in [0.5, 0.6) is 0 Å². The third kappa shape index (κ3) is 46.6. The number of carbonyl (C=O) groups excluding carboxylic acids is 2. The molecule has 64 heavy (non-hydrogen) atoms. The Morgan fingerprint density at radius 3 is 1.23 bits per heavy atom. The molecule has 0 aliphatic carbocycles. The Labute approximate surface area is 398 Å². The van der Waals surface area contributed by atoms with E-state index in [4.69, 9.17) is 4.74 Å². The summed E-state index contributed by atoms with van der Waals surface area (Å²) in [5, 5.41) is 23.9. The molecule has 0 aliphatic rings. The van der Waals surface area contributed by atoms with Gasteiger partial charge >= 0.3 is 5.97 Å². The minimum Gasteiger partial charge on any atom is -0.462 e.